The van der Waals surface area contributed by atoms with E-state index in [1.807, 2.05) is 13.0 Å². The van der Waals surface area contributed by atoms with Gasteiger partial charge in [-0.2, -0.15) is 5.10 Å². The molecule has 3 nitrogen and oxygen atoms in total. The summed E-state index contributed by atoms with van der Waals surface area (Å²) in [6.07, 6.45) is 0. The lowest BCUT2D eigenvalue weighted by Crippen LogP contribution is -2.05. The van der Waals surface area contributed by atoms with Gasteiger partial charge in [-0.3, -0.25) is 0 Å². The van der Waals surface area contributed by atoms with Gasteiger partial charge in [0.1, 0.15) is 11.6 Å². The number of aryl methyl sites for hydroxylation is 1. The van der Waals surface area contributed by atoms with E-state index in [2.05, 4.69) is 5.10 Å². The number of rotatable bonds is 2. The Hall–Kier alpha value is -1.84. The maximum Gasteiger partial charge on any atom is 0.123 e. The Kier molecular flexibility index (Phi) is 2.41. The predicted octanol–water partition coefficient (Wildman–Crippen LogP) is 1.96. The highest BCUT2D eigenvalue weighted by Crippen LogP contribution is 2.10. The van der Waals surface area contributed by atoms with Gasteiger partial charge in [0.2, 0.25) is 0 Å². The topological polar surface area (TPSA) is 43.8 Å². The molecule has 0 radical (unpaired) electrons. The second kappa shape index (κ2) is 3.73. The van der Waals surface area contributed by atoms with Gasteiger partial charge in [-0.05, 0) is 24.6 Å². The van der Waals surface area contributed by atoms with E-state index >= 15 is 0 Å². The summed E-state index contributed by atoms with van der Waals surface area (Å²) in [7, 11) is 0. The molecule has 0 saturated carbocycles. The Morgan fingerprint density at radius 1 is 1.40 bits per heavy atom. The summed E-state index contributed by atoms with van der Waals surface area (Å²) in [5.41, 5.74) is 7.45. The molecule has 0 aliphatic carbocycles. The minimum atomic E-state index is -0.241. The molecule has 2 N–H and O–H groups in total. The molecule has 0 atom stereocenters. The molecule has 0 aliphatic rings. The highest BCUT2D eigenvalue weighted by Gasteiger charge is 2.02. The van der Waals surface area contributed by atoms with Gasteiger partial charge in [0.15, 0.2) is 0 Å². The predicted molar refractivity (Wildman–Crippen MR) is 56.9 cm³/mol. The Bertz CT molecular complexity index is 476. The van der Waals surface area contributed by atoms with Gasteiger partial charge in [0.25, 0.3) is 0 Å². The lowest BCUT2D eigenvalue weighted by molar-refractivity contribution is 0.619. The van der Waals surface area contributed by atoms with Crippen LogP contribution in [-0.2, 0) is 6.54 Å². The minimum absolute atomic E-state index is 0.241. The maximum atomic E-state index is 12.9. The molecule has 0 bridgehead atoms. The average Bonchev–Trinajstić information content (AvgIpc) is 2.45. The normalized spacial score (nSPS) is 10.5. The van der Waals surface area contributed by atoms with E-state index in [1.165, 1.54) is 12.1 Å². The lowest BCUT2D eigenvalue weighted by atomic mass is 10.2. The van der Waals surface area contributed by atoms with E-state index in [0.29, 0.717) is 12.4 Å². The van der Waals surface area contributed by atoms with Crippen LogP contribution in [0.1, 0.15) is 11.3 Å². The second-order valence-electron chi connectivity index (χ2n) is 3.50. The average molecular weight is 205 g/mol. The second-order valence-corrected chi connectivity index (χ2v) is 3.50. The summed E-state index contributed by atoms with van der Waals surface area (Å²) in [6.45, 7) is 2.37. The van der Waals surface area contributed by atoms with Crippen molar-refractivity contribution in [3.63, 3.8) is 0 Å². The molecular weight excluding hydrogens is 193 g/mol. The first-order chi connectivity index (χ1) is 7.15. The van der Waals surface area contributed by atoms with E-state index in [1.54, 1.807) is 16.8 Å². The summed E-state index contributed by atoms with van der Waals surface area (Å²) in [5, 5.41) is 4.20. The van der Waals surface area contributed by atoms with Gasteiger partial charge in [0, 0.05) is 6.07 Å². The number of nitrogen functional groups attached to an aromatic ring is 1. The van der Waals surface area contributed by atoms with Crippen LogP contribution in [0.3, 0.4) is 0 Å². The number of hydrogen-bond acceptors (Lipinski definition) is 2. The largest absolute Gasteiger partial charge is 0.384 e. The standard InChI is InChI=1S/C11H12FN3/c1-8-5-11(13)15(14-8)7-9-3-2-4-10(12)6-9/h2-6H,7,13H2,1H3. The van der Waals surface area contributed by atoms with Crippen LogP contribution in [0.2, 0.25) is 0 Å². The molecule has 0 spiro atoms. The highest BCUT2D eigenvalue weighted by atomic mass is 19.1. The van der Waals surface area contributed by atoms with Gasteiger partial charge in [0.05, 0.1) is 12.2 Å². The Balaban J connectivity index is 2.25. The SMILES string of the molecule is Cc1cc(N)n(Cc2cccc(F)c2)n1. The van der Waals surface area contributed by atoms with E-state index in [9.17, 15) is 4.39 Å². The molecule has 0 unspecified atom stereocenters. The number of nitrogens with two attached hydrogens (primary N) is 1. The van der Waals surface area contributed by atoms with Crippen LogP contribution in [0.25, 0.3) is 0 Å². The van der Waals surface area contributed by atoms with Crippen LogP contribution in [0, 0.1) is 12.7 Å². The molecule has 4 heteroatoms. The Morgan fingerprint density at radius 2 is 2.20 bits per heavy atom. The van der Waals surface area contributed by atoms with E-state index in [0.717, 1.165) is 11.3 Å². The van der Waals surface area contributed by atoms with Crippen molar-refractivity contribution >= 4 is 5.82 Å². The summed E-state index contributed by atoms with van der Waals surface area (Å²) in [5.74, 6) is 0.353. The molecule has 0 fully saturated rings. The van der Waals surface area contributed by atoms with Crippen molar-refractivity contribution in [2.45, 2.75) is 13.5 Å². The third-order valence-corrected chi connectivity index (χ3v) is 2.15. The highest BCUT2D eigenvalue weighted by molar-refractivity contribution is 5.31. The Morgan fingerprint density at radius 3 is 2.80 bits per heavy atom. The van der Waals surface area contributed by atoms with Gasteiger partial charge in [-0.25, -0.2) is 9.07 Å². The summed E-state index contributed by atoms with van der Waals surface area (Å²) in [4.78, 5) is 0. The molecule has 78 valence electrons. The van der Waals surface area contributed by atoms with Crippen LogP contribution in [0.4, 0.5) is 10.2 Å². The van der Waals surface area contributed by atoms with E-state index in [4.69, 9.17) is 5.73 Å². The third-order valence-electron chi connectivity index (χ3n) is 2.15. The zero-order valence-electron chi connectivity index (χ0n) is 8.44. The van der Waals surface area contributed by atoms with Crippen molar-refractivity contribution in [1.29, 1.82) is 0 Å². The van der Waals surface area contributed by atoms with Crippen LogP contribution in [-0.4, -0.2) is 9.78 Å². The number of anilines is 1. The van der Waals surface area contributed by atoms with Crippen molar-refractivity contribution in [1.82, 2.24) is 9.78 Å². The van der Waals surface area contributed by atoms with Crippen molar-refractivity contribution in [3.8, 4) is 0 Å². The van der Waals surface area contributed by atoms with E-state index in [-0.39, 0.29) is 5.82 Å². The summed E-state index contributed by atoms with van der Waals surface area (Å²) >= 11 is 0. The van der Waals surface area contributed by atoms with Crippen molar-refractivity contribution in [2.75, 3.05) is 5.73 Å². The number of aromatic nitrogens is 2. The number of benzene rings is 1. The van der Waals surface area contributed by atoms with Gasteiger partial charge < -0.3 is 5.73 Å². The quantitative estimate of drug-likeness (QED) is 0.814. The van der Waals surface area contributed by atoms with Gasteiger partial charge in [-0.1, -0.05) is 12.1 Å². The zero-order valence-corrected chi connectivity index (χ0v) is 8.44. The molecule has 0 amide bonds. The molecule has 1 aromatic heterocycles. The monoisotopic (exact) mass is 205 g/mol. The zero-order chi connectivity index (χ0) is 10.8. The molecule has 1 heterocycles. The fourth-order valence-corrected chi connectivity index (χ4v) is 1.50. The maximum absolute atomic E-state index is 12.9. The first kappa shape index (κ1) is 9.71. The molecule has 0 aliphatic heterocycles. The Labute approximate surface area is 87.3 Å². The fraction of sp³-hybridized carbons (Fsp3) is 0.182. The van der Waals surface area contributed by atoms with Crippen LogP contribution in [0.15, 0.2) is 30.3 Å². The first-order valence-corrected chi connectivity index (χ1v) is 4.69. The molecule has 2 aromatic rings. The molecule has 1 aromatic carbocycles. The van der Waals surface area contributed by atoms with Crippen molar-refractivity contribution in [3.05, 3.63) is 47.4 Å². The molecular formula is C11H12FN3. The van der Waals surface area contributed by atoms with Crippen LogP contribution in [0.5, 0.6) is 0 Å². The lowest BCUT2D eigenvalue weighted by Gasteiger charge is -2.03. The van der Waals surface area contributed by atoms with Crippen LogP contribution >= 0.6 is 0 Å². The van der Waals surface area contributed by atoms with Crippen LogP contribution < -0.4 is 5.73 Å². The summed E-state index contributed by atoms with van der Waals surface area (Å²) < 4.78 is 14.6. The summed E-state index contributed by atoms with van der Waals surface area (Å²) in [6, 6.07) is 8.22. The number of halogens is 1. The minimum Gasteiger partial charge on any atom is -0.384 e. The molecule has 0 saturated heterocycles. The third kappa shape index (κ3) is 2.15. The number of hydrogen-bond donors (Lipinski definition) is 1. The van der Waals surface area contributed by atoms with Gasteiger partial charge >= 0.3 is 0 Å². The van der Waals surface area contributed by atoms with Gasteiger partial charge in [-0.15, -0.1) is 0 Å². The smallest absolute Gasteiger partial charge is 0.123 e. The first-order valence-electron chi connectivity index (χ1n) is 4.69. The molecule has 15 heavy (non-hydrogen) atoms. The fourth-order valence-electron chi connectivity index (χ4n) is 1.50. The van der Waals surface area contributed by atoms with Crippen molar-refractivity contribution < 1.29 is 4.39 Å². The van der Waals surface area contributed by atoms with E-state index < -0.39 is 0 Å². The number of nitrogens with zero attached hydrogens (tertiary/aromatic N) is 2. The molecule has 2 rings (SSSR count). The van der Waals surface area contributed by atoms with Crippen molar-refractivity contribution in [2.24, 2.45) is 0 Å².